The normalized spacial score (nSPS) is 10.5. The summed E-state index contributed by atoms with van der Waals surface area (Å²) < 4.78 is 4.91. The SMILES string of the molecule is Cc1cc(NC(=O)c2cc(Nc3ccc(C)c(Cl)c3)ccn2)no1. The molecule has 2 aromatic heterocycles. The number of carbonyl (C=O) groups is 1. The van der Waals surface area contributed by atoms with E-state index in [1.54, 1.807) is 31.3 Å². The Balaban J connectivity index is 1.75. The van der Waals surface area contributed by atoms with Crippen LogP contribution < -0.4 is 10.6 Å². The fraction of sp³-hybridized carbons (Fsp3) is 0.118. The first-order valence-electron chi connectivity index (χ1n) is 7.25. The Bertz CT molecular complexity index is 892. The third-order valence-electron chi connectivity index (χ3n) is 3.32. The Morgan fingerprint density at radius 3 is 2.62 bits per heavy atom. The van der Waals surface area contributed by atoms with Gasteiger partial charge in [0.1, 0.15) is 11.5 Å². The van der Waals surface area contributed by atoms with E-state index in [9.17, 15) is 4.79 Å². The molecule has 0 unspecified atom stereocenters. The first-order valence-corrected chi connectivity index (χ1v) is 7.63. The number of rotatable bonds is 4. The first-order chi connectivity index (χ1) is 11.5. The first kappa shape index (κ1) is 16.0. The molecule has 0 spiro atoms. The van der Waals surface area contributed by atoms with Crippen LogP contribution in [0.3, 0.4) is 0 Å². The number of pyridine rings is 1. The van der Waals surface area contributed by atoms with Gasteiger partial charge >= 0.3 is 0 Å². The smallest absolute Gasteiger partial charge is 0.275 e. The molecule has 3 rings (SSSR count). The van der Waals surface area contributed by atoms with Crippen LogP contribution in [0.4, 0.5) is 17.2 Å². The van der Waals surface area contributed by atoms with Crippen LogP contribution in [-0.4, -0.2) is 16.0 Å². The van der Waals surface area contributed by atoms with Gasteiger partial charge in [0, 0.05) is 28.7 Å². The summed E-state index contributed by atoms with van der Waals surface area (Å²) in [7, 11) is 0. The fourth-order valence-electron chi connectivity index (χ4n) is 2.08. The molecule has 6 nitrogen and oxygen atoms in total. The lowest BCUT2D eigenvalue weighted by Gasteiger charge is -2.09. The standard InChI is InChI=1S/C17H15ClN4O2/c1-10-3-4-12(8-14(10)18)20-13-5-6-19-15(9-13)17(23)21-16-7-11(2)24-22-16/h3-9H,1-2H3,(H,19,20)(H,21,22,23). The molecule has 1 aromatic carbocycles. The molecular formula is C17H15ClN4O2. The van der Waals surface area contributed by atoms with E-state index in [2.05, 4.69) is 20.8 Å². The predicted molar refractivity (Wildman–Crippen MR) is 92.9 cm³/mol. The molecule has 7 heteroatoms. The molecule has 3 aromatic rings. The highest BCUT2D eigenvalue weighted by Gasteiger charge is 2.11. The van der Waals surface area contributed by atoms with Gasteiger partial charge in [-0.1, -0.05) is 22.8 Å². The van der Waals surface area contributed by atoms with Crippen LogP contribution in [0.2, 0.25) is 5.02 Å². The molecule has 0 aliphatic carbocycles. The van der Waals surface area contributed by atoms with E-state index < -0.39 is 0 Å². The van der Waals surface area contributed by atoms with E-state index >= 15 is 0 Å². The van der Waals surface area contributed by atoms with Crippen LogP contribution >= 0.6 is 11.6 Å². The van der Waals surface area contributed by atoms with Crippen molar-refractivity contribution < 1.29 is 9.32 Å². The highest BCUT2D eigenvalue weighted by atomic mass is 35.5. The third kappa shape index (κ3) is 3.72. The van der Waals surface area contributed by atoms with Crippen molar-refractivity contribution in [3.05, 3.63) is 64.6 Å². The number of nitrogens with one attached hydrogen (secondary N) is 2. The number of aryl methyl sites for hydroxylation is 2. The van der Waals surface area contributed by atoms with Gasteiger partial charge in [-0.25, -0.2) is 0 Å². The highest BCUT2D eigenvalue weighted by molar-refractivity contribution is 6.31. The minimum Gasteiger partial charge on any atom is -0.360 e. The molecule has 2 heterocycles. The second kappa shape index (κ2) is 6.72. The van der Waals surface area contributed by atoms with Crippen molar-refractivity contribution in [1.82, 2.24) is 10.1 Å². The Kier molecular flexibility index (Phi) is 4.48. The van der Waals surface area contributed by atoms with Crippen molar-refractivity contribution in [1.29, 1.82) is 0 Å². The topological polar surface area (TPSA) is 80.0 Å². The quantitative estimate of drug-likeness (QED) is 0.737. The van der Waals surface area contributed by atoms with Gasteiger partial charge in [0.25, 0.3) is 5.91 Å². The Hall–Kier alpha value is -2.86. The second-order valence-electron chi connectivity index (χ2n) is 5.30. The number of hydrogen-bond acceptors (Lipinski definition) is 5. The van der Waals surface area contributed by atoms with E-state index in [1.165, 1.54) is 0 Å². The summed E-state index contributed by atoms with van der Waals surface area (Å²) in [6.45, 7) is 3.69. The maximum absolute atomic E-state index is 12.2. The lowest BCUT2D eigenvalue weighted by Crippen LogP contribution is -2.14. The van der Waals surface area contributed by atoms with Gasteiger partial charge in [0.15, 0.2) is 5.82 Å². The van der Waals surface area contributed by atoms with E-state index in [4.69, 9.17) is 16.1 Å². The number of nitrogens with zero attached hydrogens (tertiary/aromatic N) is 2. The molecule has 0 fully saturated rings. The van der Waals surface area contributed by atoms with Gasteiger partial charge in [-0.05, 0) is 43.7 Å². The number of halogens is 1. The van der Waals surface area contributed by atoms with E-state index in [0.29, 0.717) is 16.6 Å². The van der Waals surface area contributed by atoms with Gasteiger partial charge in [-0.15, -0.1) is 0 Å². The number of carbonyl (C=O) groups excluding carboxylic acids is 1. The van der Waals surface area contributed by atoms with Gasteiger partial charge in [0.2, 0.25) is 0 Å². The molecule has 122 valence electrons. The molecule has 0 saturated carbocycles. The summed E-state index contributed by atoms with van der Waals surface area (Å²) in [6.07, 6.45) is 1.56. The lowest BCUT2D eigenvalue weighted by molar-refractivity contribution is 0.102. The molecule has 0 bridgehead atoms. The highest BCUT2D eigenvalue weighted by Crippen LogP contribution is 2.23. The van der Waals surface area contributed by atoms with Crippen LogP contribution in [0, 0.1) is 13.8 Å². The van der Waals surface area contributed by atoms with Crippen molar-refractivity contribution in [2.75, 3.05) is 10.6 Å². The van der Waals surface area contributed by atoms with E-state index in [0.717, 1.165) is 16.9 Å². The molecule has 1 amide bonds. The van der Waals surface area contributed by atoms with Crippen molar-refractivity contribution in [3.63, 3.8) is 0 Å². The monoisotopic (exact) mass is 342 g/mol. The number of aromatic nitrogens is 2. The minimum atomic E-state index is -0.367. The fourth-order valence-corrected chi connectivity index (χ4v) is 2.26. The largest absolute Gasteiger partial charge is 0.360 e. The summed E-state index contributed by atoms with van der Waals surface area (Å²) in [6, 6.07) is 10.7. The zero-order chi connectivity index (χ0) is 17.1. The molecule has 0 aliphatic heterocycles. The molecule has 0 aliphatic rings. The van der Waals surface area contributed by atoms with Gasteiger partial charge in [0.05, 0.1) is 0 Å². The Morgan fingerprint density at radius 1 is 1.12 bits per heavy atom. The van der Waals surface area contributed by atoms with Crippen LogP contribution in [-0.2, 0) is 0 Å². The molecule has 0 radical (unpaired) electrons. The number of hydrogen-bond donors (Lipinski definition) is 2. The molecule has 2 N–H and O–H groups in total. The predicted octanol–water partition coefficient (Wildman–Crippen LogP) is 4.34. The van der Waals surface area contributed by atoms with Gasteiger partial charge < -0.3 is 15.2 Å². The Labute approximate surface area is 143 Å². The second-order valence-corrected chi connectivity index (χ2v) is 5.70. The van der Waals surface area contributed by atoms with Crippen LogP contribution in [0.5, 0.6) is 0 Å². The number of anilines is 3. The van der Waals surface area contributed by atoms with Crippen LogP contribution in [0.1, 0.15) is 21.8 Å². The van der Waals surface area contributed by atoms with Crippen LogP contribution in [0.15, 0.2) is 47.1 Å². The summed E-state index contributed by atoms with van der Waals surface area (Å²) in [4.78, 5) is 16.3. The van der Waals surface area contributed by atoms with Crippen molar-refractivity contribution in [2.45, 2.75) is 13.8 Å². The molecule has 24 heavy (non-hydrogen) atoms. The summed E-state index contributed by atoms with van der Waals surface area (Å²) in [5.41, 5.74) is 2.82. The molecule has 0 saturated heterocycles. The lowest BCUT2D eigenvalue weighted by atomic mass is 10.2. The van der Waals surface area contributed by atoms with Crippen molar-refractivity contribution in [2.24, 2.45) is 0 Å². The summed E-state index contributed by atoms with van der Waals surface area (Å²) >= 11 is 6.12. The van der Waals surface area contributed by atoms with E-state index in [1.807, 2.05) is 25.1 Å². The van der Waals surface area contributed by atoms with Crippen molar-refractivity contribution in [3.8, 4) is 0 Å². The average molecular weight is 343 g/mol. The third-order valence-corrected chi connectivity index (χ3v) is 3.73. The molecule has 0 atom stereocenters. The van der Waals surface area contributed by atoms with Gasteiger partial charge in [-0.2, -0.15) is 0 Å². The molecular weight excluding hydrogens is 328 g/mol. The Morgan fingerprint density at radius 2 is 1.92 bits per heavy atom. The average Bonchev–Trinajstić information content (AvgIpc) is 2.96. The maximum atomic E-state index is 12.2. The summed E-state index contributed by atoms with van der Waals surface area (Å²) in [5, 5.41) is 10.2. The summed E-state index contributed by atoms with van der Waals surface area (Å²) in [5.74, 6) is 0.599. The maximum Gasteiger partial charge on any atom is 0.275 e. The minimum absolute atomic E-state index is 0.263. The zero-order valence-electron chi connectivity index (χ0n) is 13.1. The zero-order valence-corrected chi connectivity index (χ0v) is 13.9. The van der Waals surface area contributed by atoms with Crippen LogP contribution in [0.25, 0.3) is 0 Å². The number of amides is 1. The van der Waals surface area contributed by atoms with E-state index in [-0.39, 0.29) is 11.6 Å². The van der Waals surface area contributed by atoms with Gasteiger partial charge in [-0.3, -0.25) is 9.78 Å². The van der Waals surface area contributed by atoms with Crippen molar-refractivity contribution >= 4 is 34.7 Å². The number of benzene rings is 1.